The number of phenols is 1. The van der Waals surface area contributed by atoms with Crippen LogP contribution < -0.4 is 0 Å². The van der Waals surface area contributed by atoms with Gasteiger partial charge in [0.2, 0.25) is 0 Å². The molecule has 0 bridgehead atoms. The molecule has 1 aromatic rings. The van der Waals surface area contributed by atoms with Crippen LogP contribution in [-0.2, 0) is 14.2 Å². The van der Waals surface area contributed by atoms with Crippen LogP contribution >= 0.6 is 0 Å². The molecule has 1 aromatic carbocycles. The van der Waals surface area contributed by atoms with Crippen molar-refractivity contribution >= 4 is 0 Å². The van der Waals surface area contributed by atoms with E-state index in [1.54, 1.807) is 12.1 Å². The molecule has 2 saturated heterocycles. The normalized spacial score (nSPS) is 41.7. The number of rotatable bonds is 5. The molecule has 2 aliphatic rings. The second kappa shape index (κ2) is 8.99. The van der Waals surface area contributed by atoms with Crippen LogP contribution in [0.3, 0.4) is 0 Å². The van der Waals surface area contributed by atoms with Crippen molar-refractivity contribution in [3.8, 4) is 5.75 Å². The van der Waals surface area contributed by atoms with Crippen LogP contribution in [0, 0.1) is 0 Å². The zero-order chi connectivity index (χ0) is 20.4. The largest absolute Gasteiger partial charge is 0.508 e. The smallest absolute Gasteiger partial charge is 0.187 e. The molecule has 0 amide bonds. The third kappa shape index (κ3) is 4.30. The molecule has 6 unspecified atom stereocenters. The number of benzene rings is 1. The maximum atomic E-state index is 10.7. The molecule has 0 aromatic heterocycles. The number of phenolic OH excluding ortho intramolecular Hbond substituents is 1. The van der Waals surface area contributed by atoms with Crippen LogP contribution in [0.25, 0.3) is 0 Å². The molecule has 158 valence electrons. The Morgan fingerprint density at radius 1 is 0.929 bits per heavy atom. The van der Waals surface area contributed by atoms with Crippen molar-refractivity contribution in [3.05, 3.63) is 29.8 Å². The monoisotopic (exact) mass is 402 g/mol. The summed E-state index contributed by atoms with van der Waals surface area (Å²) in [7, 11) is 0. The molecule has 7 N–H and O–H groups in total. The van der Waals surface area contributed by atoms with E-state index in [1.807, 2.05) is 0 Å². The number of aliphatic hydroxyl groups excluding tert-OH is 6. The van der Waals surface area contributed by atoms with Gasteiger partial charge in [-0.15, -0.1) is 0 Å². The van der Waals surface area contributed by atoms with Gasteiger partial charge in [-0.1, -0.05) is 12.1 Å². The minimum atomic E-state index is -1.61. The molecule has 9 atom stereocenters. The zero-order valence-electron chi connectivity index (χ0n) is 15.0. The van der Waals surface area contributed by atoms with Gasteiger partial charge in [0.25, 0.3) is 0 Å². The highest BCUT2D eigenvalue weighted by atomic mass is 16.7. The highest BCUT2D eigenvalue weighted by molar-refractivity contribution is 5.29. The highest BCUT2D eigenvalue weighted by Gasteiger charge is 2.47. The first-order valence-electron chi connectivity index (χ1n) is 9.05. The van der Waals surface area contributed by atoms with Crippen molar-refractivity contribution in [2.24, 2.45) is 0 Å². The van der Waals surface area contributed by atoms with Gasteiger partial charge in [-0.2, -0.15) is 0 Å². The van der Waals surface area contributed by atoms with Crippen molar-refractivity contribution in [3.63, 3.8) is 0 Å². The summed E-state index contributed by atoms with van der Waals surface area (Å²) in [6.07, 6.45) is -11.0. The SMILES string of the molecule is OCC1CC(O[C@H]2OC(CO)[C@@H](O)C(O)C2O)C(O)[C@@H](c2cccc(O)c2)O1. The molecule has 2 heterocycles. The van der Waals surface area contributed by atoms with Crippen molar-refractivity contribution in [2.45, 2.75) is 61.5 Å². The Morgan fingerprint density at radius 2 is 1.68 bits per heavy atom. The molecule has 0 spiro atoms. The van der Waals surface area contributed by atoms with E-state index in [-0.39, 0.29) is 18.8 Å². The number of aromatic hydroxyl groups is 1. The summed E-state index contributed by atoms with van der Waals surface area (Å²) < 4.78 is 16.7. The third-order valence-electron chi connectivity index (χ3n) is 5.09. The third-order valence-corrected chi connectivity index (χ3v) is 5.09. The standard InChI is InChI=1S/C18H26O10/c19-6-10-5-11(14(23)17(26-10)8-2-1-3-9(21)4-8)27-18-16(25)15(24)13(22)12(7-20)28-18/h1-4,10-25H,5-7H2/t10?,11?,12?,13-,14?,15?,16?,17-,18+/m1/s1. The van der Waals surface area contributed by atoms with Crippen LogP contribution in [-0.4, -0.2) is 98.0 Å². The maximum Gasteiger partial charge on any atom is 0.187 e. The maximum absolute atomic E-state index is 10.7. The highest BCUT2D eigenvalue weighted by Crippen LogP contribution is 2.36. The lowest BCUT2D eigenvalue weighted by molar-refractivity contribution is -0.329. The average Bonchev–Trinajstić information content (AvgIpc) is 2.69. The van der Waals surface area contributed by atoms with Crippen molar-refractivity contribution in [1.82, 2.24) is 0 Å². The first kappa shape index (κ1) is 21.4. The van der Waals surface area contributed by atoms with Gasteiger partial charge in [0.1, 0.15) is 42.4 Å². The summed E-state index contributed by atoms with van der Waals surface area (Å²) in [5.74, 6) is -0.0224. The first-order chi connectivity index (χ1) is 13.3. The van der Waals surface area contributed by atoms with Gasteiger partial charge < -0.3 is 50.0 Å². The molecule has 0 radical (unpaired) electrons. The molecule has 10 heteroatoms. The Kier molecular flexibility index (Phi) is 6.86. The van der Waals surface area contributed by atoms with Gasteiger partial charge in [-0.05, 0) is 17.7 Å². The van der Waals surface area contributed by atoms with Crippen LogP contribution in [0.1, 0.15) is 18.1 Å². The second-order valence-electron chi connectivity index (χ2n) is 7.05. The van der Waals surface area contributed by atoms with Gasteiger partial charge in [0.05, 0.1) is 25.4 Å². The first-order valence-corrected chi connectivity index (χ1v) is 9.05. The average molecular weight is 402 g/mol. The Morgan fingerprint density at radius 3 is 2.32 bits per heavy atom. The topological polar surface area (TPSA) is 169 Å². The van der Waals surface area contributed by atoms with E-state index in [4.69, 9.17) is 14.2 Å². The lowest BCUT2D eigenvalue weighted by Crippen LogP contribution is -2.60. The van der Waals surface area contributed by atoms with E-state index >= 15 is 0 Å². The van der Waals surface area contributed by atoms with Crippen LogP contribution in [0.2, 0.25) is 0 Å². The predicted molar refractivity (Wildman–Crippen MR) is 92.1 cm³/mol. The van der Waals surface area contributed by atoms with Crippen LogP contribution in [0.5, 0.6) is 5.75 Å². The fourth-order valence-electron chi connectivity index (χ4n) is 3.52. The van der Waals surface area contributed by atoms with E-state index < -0.39 is 61.7 Å². The van der Waals surface area contributed by atoms with E-state index in [0.29, 0.717) is 5.56 Å². The molecular weight excluding hydrogens is 376 g/mol. The Bertz CT molecular complexity index is 641. The zero-order valence-corrected chi connectivity index (χ0v) is 15.0. The molecule has 2 fully saturated rings. The summed E-state index contributed by atoms with van der Waals surface area (Å²) in [5.41, 5.74) is 0.466. The number of hydrogen-bond acceptors (Lipinski definition) is 10. The fourth-order valence-corrected chi connectivity index (χ4v) is 3.52. The van der Waals surface area contributed by atoms with E-state index in [0.717, 1.165) is 0 Å². The van der Waals surface area contributed by atoms with E-state index in [1.165, 1.54) is 12.1 Å². The lowest BCUT2D eigenvalue weighted by Gasteiger charge is -2.44. The van der Waals surface area contributed by atoms with E-state index in [9.17, 15) is 35.7 Å². The molecule has 10 nitrogen and oxygen atoms in total. The van der Waals surface area contributed by atoms with Gasteiger partial charge >= 0.3 is 0 Å². The van der Waals surface area contributed by atoms with E-state index in [2.05, 4.69) is 0 Å². The molecule has 2 aliphatic heterocycles. The molecule has 3 rings (SSSR count). The molecular formula is C18H26O10. The molecule has 0 saturated carbocycles. The summed E-state index contributed by atoms with van der Waals surface area (Å²) in [6, 6.07) is 6.10. The van der Waals surface area contributed by atoms with Crippen molar-refractivity contribution in [1.29, 1.82) is 0 Å². The van der Waals surface area contributed by atoms with Gasteiger partial charge in [-0.25, -0.2) is 0 Å². The minimum absolute atomic E-state index is 0.0224. The van der Waals surface area contributed by atoms with Crippen molar-refractivity contribution in [2.75, 3.05) is 13.2 Å². The Labute approximate surface area is 161 Å². The molecule has 0 aliphatic carbocycles. The minimum Gasteiger partial charge on any atom is -0.508 e. The van der Waals surface area contributed by atoms with Crippen LogP contribution in [0.15, 0.2) is 24.3 Å². The molecule has 28 heavy (non-hydrogen) atoms. The Hall–Kier alpha value is -1.34. The van der Waals surface area contributed by atoms with Gasteiger partial charge in [0.15, 0.2) is 6.29 Å². The fraction of sp³-hybridized carbons (Fsp3) is 0.667. The van der Waals surface area contributed by atoms with Gasteiger partial charge in [0, 0.05) is 6.42 Å². The quantitative estimate of drug-likeness (QED) is 0.286. The number of aliphatic hydroxyl groups is 6. The summed E-state index contributed by atoms with van der Waals surface area (Å²) in [4.78, 5) is 0. The number of ether oxygens (including phenoxy) is 3. The number of hydrogen-bond donors (Lipinski definition) is 7. The van der Waals surface area contributed by atoms with Crippen molar-refractivity contribution < 1.29 is 50.0 Å². The van der Waals surface area contributed by atoms with Gasteiger partial charge in [-0.3, -0.25) is 0 Å². The second-order valence-corrected chi connectivity index (χ2v) is 7.05. The Balaban J connectivity index is 1.78. The summed E-state index contributed by atoms with van der Waals surface area (Å²) >= 11 is 0. The summed E-state index contributed by atoms with van der Waals surface area (Å²) in [5, 5.41) is 69.1. The predicted octanol–water partition coefficient (Wildman–Crippen LogP) is -2.24. The summed E-state index contributed by atoms with van der Waals surface area (Å²) in [6.45, 7) is -0.955. The lowest BCUT2D eigenvalue weighted by atomic mass is 9.92. The van der Waals surface area contributed by atoms with Crippen LogP contribution in [0.4, 0.5) is 0 Å².